The number of allylic oxidation sites excluding steroid dienone is 1. The summed E-state index contributed by atoms with van der Waals surface area (Å²) in [4.78, 5) is 30.6. The zero-order valence-electron chi connectivity index (χ0n) is 16.1. The quantitative estimate of drug-likeness (QED) is 0.410. The number of rotatable bonds is 5. The Morgan fingerprint density at radius 2 is 2.07 bits per heavy atom. The van der Waals surface area contributed by atoms with E-state index in [1.165, 1.54) is 11.3 Å². The first kappa shape index (κ1) is 21.2. The van der Waals surface area contributed by atoms with Crippen LogP contribution in [0, 0.1) is 6.92 Å². The van der Waals surface area contributed by atoms with Crippen molar-refractivity contribution in [1.29, 1.82) is 0 Å². The number of hydrogen-bond donors (Lipinski definition) is 2. The molecule has 2 aliphatic heterocycles. The van der Waals surface area contributed by atoms with E-state index >= 15 is 0 Å². The van der Waals surface area contributed by atoms with Gasteiger partial charge in [-0.25, -0.2) is 9.78 Å². The number of piperidine rings is 1. The lowest BCUT2D eigenvalue weighted by Gasteiger charge is -2.33. The maximum atomic E-state index is 12.6. The van der Waals surface area contributed by atoms with Crippen molar-refractivity contribution in [2.24, 2.45) is 0 Å². The number of amides is 1. The fourth-order valence-electron chi connectivity index (χ4n) is 3.31. The summed E-state index contributed by atoms with van der Waals surface area (Å²) in [6, 6.07) is 0.0337. The first-order valence-corrected chi connectivity index (χ1v) is 10.8. The van der Waals surface area contributed by atoms with Crippen LogP contribution in [-0.2, 0) is 9.53 Å². The maximum Gasteiger partial charge on any atom is 0.350 e. The standard InChI is InChI=1S/C18H24Cl2N4O3S/c1-4-27-15(25)14-11(3)21-17(28-14)24-7-5-12(6-8-24)22-16(26)18(20)9-13(19)10(2)23-18/h12,23H,4-9H2,1-3H3,(H,22,26). The summed E-state index contributed by atoms with van der Waals surface area (Å²) >= 11 is 13.9. The number of esters is 1. The number of alkyl halides is 1. The van der Waals surface area contributed by atoms with Crippen molar-refractivity contribution in [3.05, 3.63) is 21.3 Å². The van der Waals surface area contributed by atoms with E-state index in [1.54, 1.807) is 13.8 Å². The molecule has 1 saturated heterocycles. The van der Waals surface area contributed by atoms with Crippen molar-refractivity contribution in [2.75, 3.05) is 24.6 Å². The van der Waals surface area contributed by atoms with Gasteiger partial charge in [0, 0.05) is 36.3 Å². The molecule has 1 unspecified atom stereocenters. The van der Waals surface area contributed by atoms with Crippen molar-refractivity contribution in [2.45, 2.75) is 51.1 Å². The Hall–Kier alpha value is -1.51. The second kappa shape index (κ2) is 8.47. The van der Waals surface area contributed by atoms with Crippen molar-refractivity contribution in [3.63, 3.8) is 0 Å². The van der Waals surface area contributed by atoms with E-state index in [9.17, 15) is 9.59 Å². The highest BCUT2D eigenvalue weighted by atomic mass is 35.5. The third-order valence-electron chi connectivity index (χ3n) is 4.90. The number of thiazole rings is 1. The van der Waals surface area contributed by atoms with E-state index in [0.717, 1.165) is 36.8 Å². The van der Waals surface area contributed by atoms with E-state index < -0.39 is 5.00 Å². The second-order valence-electron chi connectivity index (χ2n) is 7.00. The zero-order valence-corrected chi connectivity index (χ0v) is 18.4. The first-order valence-electron chi connectivity index (χ1n) is 9.26. The summed E-state index contributed by atoms with van der Waals surface area (Å²) < 4.78 is 5.08. The molecule has 1 atom stereocenters. The Morgan fingerprint density at radius 3 is 2.64 bits per heavy atom. The Balaban J connectivity index is 1.55. The topological polar surface area (TPSA) is 83.6 Å². The molecule has 0 aromatic carbocycles. The molecular weight excluding hydrogens is 423 g/mol. The van der Waals surface area contributed by atoms with Gasteiger partial charge < -0.3 is 20.3 Å². The van der Waals surface area contributed by atoms with Gasteiger partial charge in [-0.15, -0.1) is 0 Å². The van der Waals surface area contributed by atoms with Crippen LogP contribution in [0.2, 0.25) is 0 Å². The minimum atomic E-state index is -1.21. The Bertz CT molecular complexity index is 789. The number of halogens is 2. The van der Waals surface area contributed by atoms with Crippen LogP contribution < -0.4 is 15.5 Å². The predicted molar refractivity (Wildman–Crippen MR) is 111 cm³/mol. The smallest absolute Gasteiger partial charge is 0.350 e. The number of aryl methyl sites for hydroxylation is 1. The monoisotopic (exact) mass is 446 g/mol. The Morgan fingerprint density at radius 1 is 1.39 bits per heavy atom. The van der Waals surface area contributed by atoms with Gasteiger partial charge in [0.25, 0.3) is 5.91 Å². The van der Waals surface area contributed by atoms with Gasteiger partial charge in [-0.3, -0.25) is 4.79 Å². The number of nitrogens with one attached hydrogen (secondary N) is 2. The van der Waals surface area contributed by atoms with Gasteiger partial charge in [-0.2, -0.15) is 0 Å². The van der Waals surface area contributed by atoms with Crippen molar-refractivity contribution in [3.8, 4) is 0 Å². The minimum absolute atomic E-state index is 0.0337. The van der Waals surface area contributed by atoms with E-state index in [1.807, 2.05) is 6.92 Å². The molecular formula is C18H24Cl2N4O3S. The van der Waals surface area contributed by atoms with E-state index in [4.69, 9.17) is 27.9 Å². The number of nitrogens with zero attached hydrogens (tertiary/aromatic N) is 2. The molecule has 0 spiro atoms. The molecule has 1 amide bonds. The highest BCUT2D eigenvalue weighted by molar-refractivity contribution is 7.17. The number of aromatic nitrogens is 1. The van der Waals surface area contributed by atoms with Crippen LogP contribution in [0.15, 0.2) is 10.7 Å². The molecule has 28 heavy (non-hydrogen) atoms. The van der Waals surface area contributed by atoms with Crippen LogP contribution in [0.25, 0.3) is 0 Å². The fraction of sp³-hybridized carbons (Fsp3) is 0.611. The van der Waals surface area contributed by atoms with Crippen molar-refractivity contribution in [1.82, 2.24) is 15.6 Å². The van der Waals surface area contributed by atoms with Crippen molar-refractivity contribution < 1.29 is 14.3 Å². The highest BCUT2D eigenvalue weighted by Gasteiger charge is 2.42. The minimum Gasteiger partial charge on any atom is -0.462 e. The van der Waals surface area contributed by atoms with Crippen LogP contribution in [0.4, 0.5) is 5.13 Å². The lowest BCUT2D eigenvalue weighted by Crippen LogP contribution is -2.54. The van der Waals surface area contributed by atoms with Crippen LogP contribution in [0.3, 0.4) is 0 Å². The lowest BCUT2D eigenvalue weighted by molar-refractivity contribution is -0.125. The molecule has 1 aromatic heterocycles. The first-order chi connectivity index (χ1) is 13.2. The van der Waals surface area contributed by atoms with E-state index in [2.05, 4.69) is 20.5 Å². The van der Waals surface area contributed by atoms with Crippen LogP contribution in [0.5, 0.6) is 0 Å². The summed E-state index contributed by atoms with van der Waals surface area (Å²) in [5.41, 5.74) is 1.42. The van der Waals surface area contributed by atoms with Crippen LogP contribution in [-0.4, -0.2) is 47.6 Å². The summed E-state index contributed by atoms with van der Waals surface area (Å²) in [5, 5.41) is 7.39. The number of anilines is 1. The fourth-order valence-corrected chi connectivity index (χ4v) is 4.97. The third-order valence-corrected chi connectivity index (χ3v) is 6.91. The summed E-state index contributed by atoms with van der Waals surface area (Å²) in [6.45, 7) is 7.22. The molecule has 10 heteroatoms. The molecule has 2 aliphatic rings. The number of carbonyl (C=O) groups excluding carboxylic acids is 2. The largest absolute Gasteiger partial charge is 0.462 e. The van der Waals surface area contributed by atoms with Crippen molar-refractivity contribution >= 4 is 51.5 Å². The van der Waals surface area contributed by atoms with Gasteiger partial charge in [0.05, 0.1) is 12.3 Å². The van der Waals surface area contributed by atoms with Gasteiger partial charge in [0.15, 0.2) is 10.1 Å². The average Bonchev–Trinajstić information content (AvgIpc) is 3.16. The molecule has 1 aromatic rings. The number of hydrogen-bond acceptors (Lipinski definition) is 7. The summed E-state index contributed by atoms with van der Waals surface area (Å²) in [7, 11) is 0. The van der Waals surface area contributed by atoms with Gasteiger partial charge in [-0.05, 0) is 33.6 Å². The van der Waals surface area contributed by atoms with Gasteiger partial charge >= 0.3 is 5.97 Å². The molecule has 0 saturated carbocycles. The Kier molecular flexibility index (Phi) is 6.41. The average molecular weight is 447 g/mol. The molecule has 1 fully saturated rings. The van der Waals surface area contributed by atoms with Crippen LogP contribution >= 0.6 is 34.5 Å². The molecule has 3 heterocycles. The molecule has 3 rings (SSSR count). The molecule has 0 aliphatic carbocycles. The SMILES string of the molecule is CCOC(=O)c1sc(N2CCC(NC(=O)C3(Cl)CC(Cl)=C(C)N3)CC2)nc1C. The number of carbonyl (C=O) groups is 2. The lowest BCUT2D eigenvalue weighted by atomic mass is 10.0. The Labute approximate surface area is 178 Å². The molecule has 7 nitrogen and oxygen atoms in total. The predicted octanol–water partition coefficient (Wildman–Crippen LogP) is 3.11. The third kappa shape index (κ3) is 4.39. The van der Waals surface area contributed by atoms with Gasteiger partial charge in [0.2, 0.25) is 0 Å². The maximum absolute atomic E-state index is 12.6. The molecule has 0 radical (unpaired) electrons. The second-order valence-corrected chi connectivity index (χ2v) is 9.08. The van der Waals surface area contributed by atoms with Gasteiger partial charge in [0.1, 0.15) is 4.88 Å². The number of ether oxygens (including phenoxy) is 1. The molecule has 154 valence electrons. The molecule has 2 N–H and O–H groups in total. The zero-order chi connectivity index (χ0) is 20.5. The summed E-state index contributed by atoms with van der Waals surface area (Å²) in [5.74, 6) is -0.581. The normalized spacial score (nSPS) is 23.0. The van der Waals surface area contributed by atoms with Gasteiger partial charge in [-0.1, -0.05) is 34.5 Å². The molecule has 0 bridgehead atoms. The van der Waals surface area contributed by atoms with E-state index in [0.29, 0.717) is 22.2 Å². The van der Waals surface area contributed by atoms with E-state index in [-0.39, 0.29) is 24.3 Å². The summed E-state index contributed by atoms with van der Waals surface area (Å²) in [6.07, 6.45) is 1.82. The highest BCUT2D eigenvalue weighted by Crippen LogP contribution is 2.34. The van der Waals surface area contributed by atoms with Crippen LogP contribution in [0.1, 0.15) is 48.5 Å².